The molecule has 0 spiro atoms. The molecule has 9 heteroatoms. The van der Waals surface area contributed by atoms with E-state index in [9.17, 15) is 14.4 Å². The highest BCUT2D eigenvalue weighted by Crippen LogP contribution is 2.22. The topological polar surface area (TPSA) is 111 Å². The van der Waals surface area contributed by atoms with Crippen molar-refractivity contribution in [2.45, 2.75) is 32.3 Å². The number of anilines is 1. The average molecular weight is 369 g/mol. The Morgan fingerprint density at radius 2 is 1.80 bits per heavy atom. The van der Waals surface area contributed by atoms with Crippen molar-refractivity contribution in [3.05, 3.63) is 29.8 Å². The Bertz CT molecular complexity index is 628. The summed E-state index contributed by atoms with van der Waals surface area (Å²) in [7, 11) is 1.26. The number of ether oxygens (including phenoxy) is 2. The molecule has 1 rings (SSSR count). The number of carbonyl (C=O) groups is 3. The van der Waals surface area contributed by atoms with E-state index >= 15 is 0 Å². The van der Waals surface area contributed by atoms with Crippen molar-refractivity contribution in [2.24, 2.45) is 5.73 Å². The van der Waals surface area contributed by atoms with Gasteiger partial charge in [0.2, 0.25) is 0 Å². The molecule has 0 bridgehead atoms. The highest BCUT2D eigenvalue weighted by Gasteiger charge is 2.24. The fourth-order valence-corrected chi connectivity index (χ4v) is 2.09. The van der Waals surface area contributed by atoms with Crippen molar-refractivity contribution in [3.63, 3.8) is 0 Å². The van der Waals surface area contributed by atoms with Gasteiger partial charge in [-0.25, -0.2) is 13.9 Å². The first kappa shape index (κ1) is 20.6. The first-order valence-corrected chi connectivity index (χ1v) is 7.88. The van der Waals surface area contributed by atoms with Crippen LogP contribution in [0, 0.1) is 0 Å². The minimum Gasteiger partial charge on any atom is -0.468 e. The fraction of sp³-hybridized carbons (Fsp3) is 0.438. The number of rotatable bonds is 5. The van der Waals surface area contributed by atoms with Crippen LogP contribution in [-0.4, -0.2) is 37.3 Å². The lowest BCUT2D eigenvalue weighted by Crippen LogP contribution is -2.36. The van der Waals surface area contributed by atoms with Crippen LogP contribution in [0.4, 0.5) is 15.3 Å². The van der Waals surface area contributed by atoms with Crippen molar-refractivity contribution >= 4 is 36.6 Å². The summed E-state index contributed by atoms with van der Waals surface area (Å²) in [5.74, 6) is -1.24. The second-order valence-electron chi connectivity index (χ2n) is 6.20. The smallest absolute Gasteiger partial charge is 0.407 e. The number of urea groups is 1. The Kier molecular flexibility index (Phi) is 7.10. The highest BCUT2D eigenvalue weighted by atomic mass is 32.1. The van der Waals surface area contributed by atoms with Gasteiger partial charge >= 0.3 is 18.1 Å². The summed E-state index contributed by atoms with van der Waals surface area (Å²) in [5.41, 5.74) is 5.54. The van der Waals surface area contributed by atoms with Crippen LogP contribution >= 0.6 is 12.8 Å². The van der Waals surface area contributed by atoms with Gasteiger partial charge in [-0.3, -0.25) is 4.79 Å². The quantitative estimate of drug-likeness (QED) is 0.544. The van der Waals surface area contributed by atoms with Crippen molar-refractivity contribution in [2.75, 3.05) is 18.0 Å². The Labute approximate surface area is 152 Å². The van der Waals surface area contributed by atoms with Crippen molar-refractivity contribution in [3.8, 4) is 0 Å². The van der Waals surface area contributed by atoms with Gasteiger partial charge in [0.1, 0.15) is 5.60 Å². The molecule has 1 atom stereocenters. The number of nitrogens with two attached hydrogens (primary N) is 1. The number of hydrogen-bond donors (Lipinski definition) is 3. The fourth-order valence-electron chi connectivity index (χ4n) is 1.95. The van der Waals surface area contributed by atoms with Gasteiger partial charge in [0.05, 0.1) is 18.7 Å². The number of primary amides is 1. The standard InChI is InChI=1S/C16H23N3O5S/c1-16(2,3)24-15(22)18-9-12(13(20)23-4)10-5-7-11(8-6-10)19(25)14(17)21/h5-8,12,25H,9H2,1-4H3,(H2,17,21)(H,18,22). The lowest BCUT2D eigenvalue weighted by molar-refractivity contribution is -0.142. The highest BCUT2D eigenvalue weighted by molar-refractivity contribution is 7.82. The second kappa shape index (κ2) is 8.61. The Morgan fingerprint density at radius 1 is 1.24 bits per heavy atom. The molecule has 0 radical (unpaired) electrons. The molecular weight excluding hydrogens is 346 g/mol. The zero-order valence-corrected chi connectivity index (χ0v) is 15.5. The molecule has 1 aromatic rings. The predicted octanol–water partition coefficient (Wildman–Crippen LogP) is 2.20. The number of benzene rings is 1. The van der Waals surface area contributed by atoms with Gasteiger partial charge in [0, 0.05) is 6.54 Å². The van der Waals surface area contributed by atoms with Crippen LogP contribution in [0.15, 0.2) is 24.3 Å². The summed E-state index contributed by atoms with van der Waals surface area (Å²) >= 11 is 3.96. The minimum atomic E-state index is -0.729. The lowest BCUT2D eigenvalue weighted by Gasteiger charge is -2.21. The molecule has 138 valence electrons. The third-order valence-corrected chi connectivity index (χ3v) is 3.51. The van der Waals surface area contributed by atoms with E-state index in [2.05, 4.69) is 18.1 Å². The molecule has 25 heavy (non-hydrogen) atoms. The first-order valence-electron chi connectivity index (χ1n) is 7.48. The summed E-state index contributed by atoms with van der Waals surface area (Å²) in [6.07, 6.45) is -0.631. The number of alkyl carbamates (subject to hydrolysis) is 1. The summed E-state index contributed by atoms with van der Waals surface area (Å²) in [6, 6.07) is 5.68. The number of methoxy groups -OCH3 is 1. The summed E-state index contributed by atoms with van der Waals surface area (Å²) in [6.45, 7) is 5.22. The van der Waals surface area contributed by atoms with Crippen LogP contribution in [0.3, 0.4) is 0 Å². The molecule has 1 unspecified atom stereocenters. The third-order valence-electron chi connectivity index (χ3n) is 3.08. The first-order chi connectivity index (χ1) is 11.5. The Hall–Kier alpha value is -2.42. The summed E-state index contributed by atoms with van der Waals surface area (Å²) in [5, 5.41) is 2.55. The van der Waals surface area contributed by atoms with Crippen LogP contribution in [0.25, 0.3) is 0 Å². The molecule has 8 nitrogen and oxygen atoms in total. The monoisotopic (exact) mass is 369 g/mol. The largest absolute Gasteiger partial charge is 0.468 e. The maximum atomic E-state index is 12.0. The maximum absolute atomic E-state index is 12.0. The molecule has 0 heterocycles. The van der Waals surface area contributed by atoms with Crippen molar-refractivity contribution in [1.29, 1.82) is 0 Å². The van der Waals surface area contributed by atoms with E-state index in [4.69, 9.17) is 15.2 Å². The molecule has 0 aromatic heterocycles. The van der Waals surface area contributed by atoms with Crippen molar-refractivity contribution in [1.82, 2.24) is 5.32 Å². The van der Waals surface area contributed by atoms with E-state index < -0.39 is 29.6 Å². The van der Waals surface area contributed by atoms with Crippen LogP contribution in [-0.2, 0) is 14.3 Å². The Balaban J connectivity index is 2.87. The normalized spacial score (nSPS) is 12.0. The van der Waals surface area contributed by atoms with Crippen LogP contribution in [0.5, 0.6) is 0 Å². The van der Waals surface area contributed by atoms with Crippen molar-refractivity contribution < 1.29 is 23.9 Å². The summed E-state index contributed by atoms with van der Waals surface area (Å²) in [4.78, 5) is 34.9. The van der Waals surface area contributed by atoms with Crippen LogP contribution in [0.2, 0.25) is 0 Å². The second-order valence-corrected chi connectivity index (χ2v) is 6.60. The zero-order chi connectivity index (χ0) is 19.2. The number of esters is 1. The molecule has 0 aliphatic heterocycles. The number of amides is 3. The van der Waals surface area contributed by atoms with E-state index in [-0.39, 0.29) is 6.54 Å². The average Bonchev–Trinajstić information content (AvgIpc) is 2.52. The number of thiol groups is 1. The van der Waals surface area contributed by atoms with Gasteiger partial charge in [-0.2, -0.15) is 0 Å². The van der Waals surface area contributed by atoms with Crippen LogP contribution in [0.1, 0.15) is 32.3 Å². The SMILES string of the molecule is COC(=O)C(CNC(=O)OC(C)(C)C)c1ccc(N(S)C(N)=O)cc1. The number of hydrogen-bond acceptors (Lipinski definition) is 6. The maximum Gasteiger partial charge on any atom is 0.407 e. The Morgan fingerprint density at radius 3 is 2.24 bits per heavy atom. The molecule has 0 saturated heterocycles. The van der Waals surface area contributed by atoms with E-state index in [1.807, 2.05) is 0 Å². The minimum absolute atomic E-state index is 0.00133. The molecule has 0 aliphatic carbocycles. The molecular formula is C16H23N3O5S. The van der Waals surface area contributed by atoms with Gasteiger partial charge in [-0.1, -0.05) is 24.9 Å². The van der Waals surface area contributed by atoms with E-state index in [0.717, 1.165) is 4.31 Å². The molecule has 3 amide bonds. The predicted molar refractivity (Wildman–Crippen MR) is 96.5 cm³/mol. The summed E-state index contributed by atoms with van der Waals surface area (Å²) < 4.78 is 10.9. The van der Waals surface area contributed by atoms with Gasteiger partial charge in [0.15, 0.2) is 0 Å². The van der Waals surface area contributed by atoms with E-state index in [1.165, 1.54) is 7.11 Å². The molecule has 1 aromatic carbocycles. The van der Waals surface area contributed by atoms with Gasteiger partial charge in [-0.15, -0.1) is 0 Å². The van der Waals surface area contributed by atoms with Gasteiger partial charge in [0.25, 0.3) is 0 Å². The van der Waals surface area contributed by atoms with E-state index in [0.29, 0.717) is 11.3 Å². The molecule has 0 aliphatic rings. The van der Waals surface area contributed by atoms with Crippen LogP contribution < -0.4 is 15.4 Å². The zero-order valence-electron chi connectivity index (χ0n) is 14.6. The molecule has 0 fully saturated rings. The lowest BCUT2D eigenvalue weighted by atomic mass is 9.99. The third kappa shape index (κ3) is 6.54. The molecule has 0 saturated carbocycles. The number of carbonyl (C=O) groups excluding carboxylic acids is 3. The number of nitrogens with zero attached hydrogens (tertiary/aromatic N) is 1. The van der Waals surface area contributed by atoms with E-state index in [1.54, 1.807) is 45.0 Å². The molecule has 3 N–H and O–H groups in total. The van der Waals surface area contributed by atoms with Gasteiger partial charge < -0.3 is 20.5 Å². The number of nitrogens with one attached hydrogen (secondary N) is 1. The van der Waals surface area contributed by atoms with Gasteiger partial charge in [-0.05, 0) is 38.5 Å².